The molecule has 10 heteroatoms. The lowest BCUT2D eigenvalue weighted by Gasteiger charge is -2.03. The monoisotopic (exact) mass is 300 g/mol. The van der Waals surface area contributed by atoms with E-state index in [1.54, 1.807) is 6.26 Å². The molecular formula is C9H9ClN6O2S. The fourth-order valence-corrected chi connectivity index (χ4v) is 1.69. The Balaban J connectivity index is 2.19. The minimum absolute atomic E-state index is 0.0661. The van der Waals surface area contributed by atoms with E-state index >= 15 is 0 Å². The van der Waals surface area contributed by atoms with E-state index in [1.807, 2.05) is 0 Å². The van der Waals surface area contributed by atoms with E-state index < -0.39 is 5.91 Å². The molecule has 0 fully saturated rings. The Morgan fingerprint density at radius 2 is 2.32 bits per heavy atom. The van der Waals surface area contributed by atoms with Gasteiger partial charge in [0.25, 0.3) is 5.91 Å². The number of aromatic amines is 1. The van der Waals surface area contributed by atoms with Crippen LogP contribution in [0.2, 0.25) is 5.02 Å². The highest BCUT2D eigenvalue weighted by Gasteiger charge is 2.16. The number of carbonyl (C=O) groups is 1. The lowest BCUT2D eigenvalue weighted by molar-refractivity contribution is 0.102. The minimum Gasteiger partial charge on any atom is -0.466 e. The highest BCUT2D eigenvalue weighted by Crippen LogP contribution is 2.17. The van der Waals surface area contributed by atoms with Gasteiger partial charge in [-0.05, 0) is 6.26 Å². The maximum atomic E-state index is 12.0. The van der Waals surface area contributed by atoms with E-state index in [9.17, 15) is 4.79 Å². The zero-order valence-electron chi connectivity index (χ0n) is 9.97. The van der Waals surface area contributed by atoms with Gasteiger partial charge in [-0.2, -0.15) is 4.98 Å². The minimum atomic E-state index is -0.512. The molecule has 0 aromatic carbocycles. The molecule has 2 aromatic heterocycles. The van der Waals surface area contributed by atoms with Crippen molar-refractivity contribution in [2.24, 2.45) is 0 Å². The largest absolute Gasteiger partial charge is 0.466 e. The predicted octanol–water partition coefficient (Wildman–Crippen LogP) is 1.23. The van der Waals surface area contributed by atoms with Gasteiger partial charge in [0.05, 0.1) is 18.3 Å². The third kappa shape index (κ3) is 3.12. The maximum absolute atomic E-state index is 12.0. The SMILES string of the molecule is COc1n[nH]c(NC(=O)c2nc(SC)ncc2Cl)n1. The summed E-state index contributed by atoms with van der Waals surface area (Å²) in [4.78, 5) is 23.8. The van der Waals surface area contributed by atoms with Crippen LogP contribution >= 0.6 is 23.4 Å². The number of amides is 1. The van der Waals surface area contributed by atoms with Crippen LogP contribution in [0.25, 0.3) is 0 Å². The molecule has 0 spiro atoms. The number of thioether (sulfide) groups is 1. The van der Waals surface area contributed by atoms with Crippen molar-refractivity contribution >= 4 is 35.2 Å². The van der Waals surface area contributed by atoms with Gasteiger partial charge >= 0.3 is 6.01 Å². The fourth-order valence-electron chi connectivity index (χ4n) is 1.17. The van der Waals surface area contributed by atoms with E-state index in [0.717, 1.165) is 0 Å². The summed E-state index contributed by atoms with van der Waals surface area (Å²) in [5.41, 5.74) is 0.0661. The zero-order valence-corrected chi connectivity index (χ0v) is 11.5. The van der Waals surface area contributed by atoms with Crippen LogP contribution in [0.5, 0.6) is 6.01 Å². The van der Waals surface area contributed by atoms with Crippen LogP contribution in [0, 0.1) is 0 Å². The Labute approximate surface area is 117 Å². The number of aromatic nitrogens is 5. The normalized spacial score (nSPS) is 10.3. The first-order valence-corrected chi connectivity index (χ1v) is 6.58. The molecule has 0 atom stereocenters. The van der Waals surface area contributed by atoms with Crippen LogP contribution < -0.4 is 10.1 Å². The number of halogens is 1. The van der Waals surface area contributed by atoms with E-state index in [4.69, 9.17) is 16.3 Å². The number of hydrogen-bond donors (Lipinski definition) is 2. The Bertz CT molecular complexity index is 604. The first-order chi connectivity index (χ1) is 9.13. The number of methoxy groups -OCH3 is 1. The second-order valence-electron chi connectivity index (χ2n) is 3.18. The Morgan fingerprint density at radius 1 is 1.53 bits per heavy atom. The number of nitrogens with zero attached hydrogens (tertiary/aromatic N) is 4. The predicted molar refractivity (Wildman–Crippen MR) is 69.7 cm³/mol. The molecule has 0 bridgehead atoms. The van der Waals surface area contributed by atoms with Crippen LogP contribution in [0.1, 0.15) is 10.5 Å². The molecule has 8 nitrogen and oxygen atoms in total. The lowest BCUT2D eigenvalue weighted by atomic mass is 10.4. The fraction of sp³-hybridized carbons (Fsp3) is 0.222. The van der Waals surface area contributed by atoms with Crippen LogP contribution in [-0.2, 0) is 0 Å². The smallest absolute Gasteiger partial charge is 0.336 e. The standard InChI is InChI=1S/C9H9ClN6O2S/c1-18-8-14-7(15-16-8)13-6(17)5-4(10)3-11-9(12-5)19-2/h3H,1-2H3,(H2,13,14,15,16,17). The third-order valence-electron chi connectivity index (χ3n) is 2.00. The molecule has 0 radical (unpaired) electrons. The van der Waals surface area contributed by atoms with Gasteiger partial charge < -0.3 is 4.74 Å². The molecule has 2 N–H and O–H groups in total. The van der Waals surface area contributed by atoms with Crippen LogP contribution in [0.3, 0.4) is 0 Å². The Hall–Kier alpha value is -1.87. The van der Waals surface area contributed by atoms with Crippen molar-refractivity contribution in [3.63, 3.8) is 0 Å². The topological polar surface area (TPSA) is 106 Å². The molecule has 100 valence electrons. The van der Waals surface area contributed by atoms with Gasteiger partial charge in [-0.1, -0.05) is 23.4 Å². The quantitative estimate of drug-likeness (QED) is 0.646. The summed E-state index contributed by atoms with van der Waals surface area (Å²) in [6.07, 6.45) is 3.17. The molecule has 19 heavy (non-hydrogen) atoms. The number of anilines is 1. The van der Waals surface area contributed by atoms with Crippen molar-refractivity contribution in [1.82, 2.24) is 25.1 Å². The summed E-state index contributed by atoms with van der Waals surface area (Å²) < 4.78 is 4.78. The molecular weight excluding hydrogens is 292 g/mol. The Morgan fingerprint density at radius 3 is 2.95 bits per heavy atom. The first kappa shape index (κ1) is 13.6. The summed E-state index contributed by atoms with van der Waals surface area (Å²) in [7, 11) is 1.42. The average Bonchev–Trinajstić information content (AvgIpc) is 2.87. The molecule has 0 unspecified atom stereocenters. The van der Waals surface area contributed by atoms with Gasteiger partial charge in [0.1, 0.15) is 0 Å². The summed E-state index contributed by atoms with van der Waals surface area (Å²) in [6, 6.07) is 0.119. The number of ether oxygens (including phenoxy) is 1. The molecule has 1 amide bonds. The van der Waals surface area contributed by atoms with Crippen LogP contribution in [-0.4, -0.2) is 44.4 Å². The zero-order chi connectivity index (χ0) is 13.8. The lowest BCUT2D eigenvalue weighted by Crippen LogP contribution is -2.16. The maximum Gasteiger partial charge on any atom is 0.336 e. The molecule has 0 saturated heterocycles. The highest BCUT2D eigenvalue weighted by molar-refractivity contribution is 7.98. The summed E-state index contributed by atoms with van der Waals surface area (Å²) >= 11 is 7.19. The highest BCUT2D eigenvalue weighted by atomic mass is 35.5. The van der Waals surface area contributed by atoms with E-state index in [2.05, 4.69) is 30.5 Å². The number of hydrogen-bond acceptors (Lipinski definition) is 7. The number of nitrogens with one attached hydrogen (secondary N) is 2. The molecule has 0 aliphatic heterocycles. The third-order valence-corrected chi connectivity index (χ3v) is 2.84. The van der Waals surface area contributed by atoms with E-state index in [0.29, 0.717) is 5.16 Å². The van der Waals surface area contributed by atoms with Gasteiger partial charge in [0.15, 0.2) is 10.9 Å². The molecule has 0 saturated carbocycles. The Kier molecular flexibility index (Phi) is 4.17. The second kappa shape index (κ2) is 5.85. The molecule has 0 aliphatic rings. The van der Waals surface area contributed by atoms with Gasteiger partial charge in [-0.15, -0.1) is 5.10 Å². The van der Waals surface area contributed by atoms with Crippen LogP contribution in [0.4, 0.5) is 5.95 Å². The molecule has 2 heterocycles. The van der Waals surface area contributed by atoms with Crippen molar-refractivity contribution in [3.8, 4) is 6.01 Å². The van der Waals surface area contributed by atoms with Crippen molar-refractivity contribution in [1.29, 1.82) is 0 Å². The van der Waals surface area contributed by atoms with E-state index in [-0.39, 0.29) is 22.7 Å². The number of carbonyl (C=O) groups excluding carboxylic acids is 1. The van der Waals surface area contributed by atoms with E-state index in [1.165, 1.54) is 25.1 Å². The van der Waals surface area contributed by atoms with Crippen molar-refractivity contribution < 1.29 is 9.53 Å². The molecule has 2 aromatic rings. The number of rotatable bonds is 4. The summed E-state index contributed by atoms with van der Waals surface area (Å²) in [5.74, 6) is -0.372. The molecule has 0 aliphatic carbocycles. The van der Waals surface area contributed by atoms with Gasteiger partial charge in [0.2, 0.25) is 5.95 Å². The summed E-state index contributed by atoms with van der Waals surface area (Å²) in [5, 5.41) is 9.27. The van der Waals surface area contributed by atoms with Crippen molar-refractivity contribution in [2.45, 2.75) is 5.16 Å². The van der Waals surface area contributed by atoms with Gasteiger partial charge in [-0.3, -0.25) is 10.1 Å². The van der Waals surface area contributed by atoms with Gasteiger partial charge in [-0.25, -0.2) is 15.1 Å². The summed E-state index contributed by atoms with van der Waals surface area (Å²) in [6.45, 7) is 0. The first-order valence-electron chi connectivity index (χ1n) is 4.98. The van der Waals surface area contributed by atoms with Crippen LogP contribution in [0.15, 0.2) is 11.4 Å². The van der Waals surface area contributed by atoms with Crippen molar-refractivity contribution in [2.75, 3.05) is 18.7 Å². The van der Waals surface area contributed by atoms with Crippen molar-refractivity contribution in [3.05, 3.63) is 16.9 Å². The molecule has 2 rings (SSSR count). The average molecular weight is 301 g/mol. The van der Waals surface area contributed by atoms with Gasteiger partial charge in [0, 0.05) is 0 Å². The second-order valence-corrected chi connectivity index (χ2v) is 4.36. The number of H-pyrrole nitrogens is 1.